The number of guanidine groups is 1. The molecule has 0 aliphatic heterocycles. The molecular formula is C27H41F3N8O7. The van der Waals surface area contributed by atoms with Crippen molar-refractivity contribution in [3.05, 3.63) is 35.4 Å². The Kier molecular flexibility index (Phi) is 17.3. The molecule has 1 aromatic rings. The molecule has 1 aromatic carbocycles. The number of benzene rings is 1. The van der Waals surface area contributed by atoms with Gasteiger partial charge >= 0.3 is 18.1 Å². The van der Waals surface area contributed by atoms with Gasteiger partial charge in [0.15, 0.2) is 5.96 Å². The highest BCUT2D eigenvalue weighted by Gasteiger charge is 2.38. The maximum Gasteiger partial charge on any atom is 0.490 e. The van der Waals surface area contributed by atoms with Gasteiger partial charge in [-0.3, -0.25) is 24.8 Å². The van der Waals surface area contributed by atoms with Crippen molar-refractivity contribution in [1.82, 2.24) is 15.5 Å². The number of hydrogen-bond donors (Lipinski definition) is 8. The van der Waals surface area contributed by atoms with Crippen molar-refractivity contribution in [2.45, 2.75) is 63.7 Å². The summed E-state index contributed by atoms with van der Waals surface area (Å²) in [5.74, 6) is -7.06. The molecule has 0 radical (unpaired) electrons. The molecule has 3 amide bonds. The second kappa shape index (κ2) is 19.4. The number of carboxylic acids is 2. The van der Waals surface area contributed by atoms with Gasteiger partial charge in [-0.1, -0.05) is 44.0 Å². The van der Waals surface area contributed by atoms with Crippen LogP contribution in [-0.2, 0) is 30.4 Å². The topological polar surface area (TPSA) is 267 Å². The molecule has 0 saturated carbocycles. The van der Waals surface area contributed by atoms with Gasteiger partial charge in [-0.25, -0.2) is 9.59 Å². The molecule has 0 aromatic heterocycles. The highest BCUT2D eigenvalue weighted by atomic mass is 19.4. The smallest absolute Gasteiger partial charge is 0.480 e. The molecule has 0 spiro atoms. The summed E-state index contributed by atoms with van der Waals surface area (Å²) in [6.07, 6.45) is -3.01. The monoisotopic (exact) mass is 646 g/mol. The van der Waals surface area contributed by atoms with Crippen molar-refractivity contribution in [3.63, 3.8) is 0 Å². The number of hydrogen-bond acceptors (Lipinski definition) is 7. The Labute approximate surface area is 257 Å². The average Bonchev–Trinajstić information content (AvgIpc) is 2.94. The minimum atomic E-state index is -5.08. The number of nitrogens with one attached hydrogen (secondary N) is 3. The van der Waals surface area contributed by atoms with Crippen LogP contribution in [0, 0.1) is 11.3 Å². The first-order chi connectivity index (χ1) is 20.8. The molecule has 18 heteroatoms. The summed E-state index contributed by atoms with van der Waals surface area (Å²) in [5, 5.41) is 29.3. The van der Waals surface area contributed by atoms with Gasteiger partial charge in [0.25, 0.3) is 0 Å². The summed E-state index contributed by atoms with van der Waals surface area (Å²) in [6, 6.07) is 4.39. The number of aliphatic imine (C=N–C) groups is 1. The molecule has 0 heterocycles. The summed E-state index contributed by atoms with van der Waals surface area (Å²) in [5.41, 5.74) is 17.2. The van der Waals surface area contributed by atoms with E-state index in [1.165, 1.54) is 19.0 Å². The fourth-order valence-electron chi connectivity index (χ4n) is 3.64. The zero-order valence-electron chi connectivity index (χ0n) is 25.2. The van der Waals surface area contributed by atoms with E-state index in [1.54, 1.807) is 24.3 Å². The third kappa shape index (κ3) is 15.9. The average molecular weight is 647 g/mol. The van der Waals surface area contributed by atoms with Crippen LogP contribution in [0.1, 0.15) is 50.2 Å². The first-order valence-corrected chi connectivity index (χ1v) is 13.6. The molecule has 45 heavy (non-hydrogen) atoms. The standard InChI is InChI=1S/C25H40N8O5.C2HF3O2/c1-4-5-7-18(22(35)32-19(24(37)38)8-6-13-30-25(28)29)31-21(34)17(23(36)33(2)3)14-15-9-11-16(12-10-15)20(26)27;3-2(4,5)1(6)7/h9-12,17-19H,4-8,13-14H2,1-3H3,(H3,26,27)(H,31,34)(H,32,35)(H,37,38)(H4,28,29,30);(H,6,7)/t17-,18+,19?;/m1./s1. The van der Waals surface area contributed by atoms with Crippen LogP contribution in [0.15, 0.2) is 29.3 Å². The predicted molar refractivity (Wildman–Crippen MR) is 158 cm³/mol. The van der Waals surface area contributed by atoms with E-state index in [4.69, 9.17) is 32.5 Å². The number of alkyl halides is 3. The number of nitrogens with zero attached hydrogens (tertiary/aromatic N) is 2. The zero-order chi connectivity index (χ0) is 34.9. The van der Waals surface area contributed by atoms with Gasteiger partial charge in [-0.15, -0.1) is 0 Å². The highest BCUT2D eigenvalue weighted by molar-refractivity contribution is 6.02. The Balaban J connectivity index is 0.00000246. The lowest BCUT2D eigenvalue weighted by molar-refractivity contribution is -0.192. The van der Waals surface area contributed by atoms with E-state index in [1.807, 2.05) is 6.92 Å². The van der Waals surface area contributed by atoms with Gasteiger partial charge in [0.1, 0.15) is 23.8 Å². The first kappa shape index (κ1) is 40.1. The number of carboxylic acid groups (broad SMARTS) is 2. The number of unbranched alkanes of at least 4 members (excludes halogenated alkanes) is 1. The quantitative estimate of drug-likeness (QED) is 0.0521. The Bertz CT molecular complexity index is 1200. The summed E-state index contributed by atoms with van der Waals surface area (Å²) in [4.78, 5) is 64.9. The van der Waals surface area contributed by atoms with Crippen LogP contribution in [0.5, 0.6) is 0 Å². The lowest BCUT2D eigenvalue weighted by atomic mass is 9.95. The number of nitrogens with two attached hydrogens (primary N) is 3. The molecule has 11 N–H and O–H groups in total. The second-order valence-corrected chi connectivity index (χ2v) is 9.95. The fraction of sp³-hybridized carbons (Fsp3) is 0.519. The van der Waals surface area contributed by atoms with Gasteiger partial charge in [-0.05, 0) is 31.2 Å². The molecule has 1 rings (SSSR count). The Hall–Kier alpha value is -4.90. The van der Waals surface area contributed by atoms with Crippen LogP contribution in [0.4, 0.5) is 13.2 Å². The summed E-state index contributed by atoms with van der Waals surface area (Å²) >= 11 is 0. The number of amides is 3. The van der Waals surface area contributed by atoms with Gasteiger partial charge < -0.3 is 42.9 Å². The van der Waals surface area contributed by atoms with Crippen molar-refractivity contribution in [2.24, 2.45) is 28.1 Å². The lowest BCUT2D eigenvalue weighted by Crippen LogP contribution is -2.54. The van der Waals surface area contributed by atoms with Crippen LogP contribution in [-0.4, -0.2) is 95.5 Å². The summed E-state index contributed by atoms with van der Waals surface area (Å²) in [7, 11) is 3.06. The Morgan fingerprint density at radius 3 is 1.87 bits per heavy atom. The van der Waals surface area contributed by atoms with Crippen LogP contribution in [0.2, 0.25) is 0 Å². The lowest BCUT2D eigenvalue weighted by Gasteiger charge is -2.25. The molecule has 252 valence electrons. The van der Waals surface area contributed by atoms with E-state index in [9.17, 15) is 37.5 Å². The molecule has 3 atom stereocenters. The maximum absolute atomic E-state index is 13.3. The number of carbonyl (C=O) groups is 5. The number of carbonyl (C=O) groups excluding carboxylic acids is 3. The first-order valence-electron chi connectivity index (χ1n) is 13.6. The third-order valence-corrected chi connectivity index (χ3v) is 6.04. The second-order valence-electron chi connectivity index (χ2n) is 9.95. The summed E-state index contributed by atoms with van der Waals surface area (Å²) < 4.78 is 31.7. The number of nitrogen functional groups attached to an aromatic ring is 1. The van der Waals surface area contributed by atoms with E-state index in [0.29, 0.717) is 24.0 Å². The molecule has 0 fully saturated rings. The maximum atomic E-state index is 13.3. The summed E-state index contributed by atoms with van der Waals surface area (Å²) in [6.45, 7) is 2.13. The van der Waals surface area contributed by atoms with E-state index in [-0.39, 0.29) is 37.6 Å². The largest absolute Gasteiger partial charge is 0.490 e. The molecule has 0 bridgehead atoms. The SMILES string of the molecule is CCCC[C@H](NC(=O)[C@@H](Cc1ccc(C(=N)N)cc1)C(=O)N(C)C)C(=O)NC(CCCN=C(N)N)C(=O)O.O=C(O)C(F)(F)F. The van der Waals surface area contributed by atoms with Gasteiger partial charge in [0.05, 0.1) is 0 Å². The van der Waals surface area contributed by atoms with E-state index >= 15 is 0 Å². The van der Waals surface area contributed by atoms with E-state index in [0.717, 1.165) is 6.42 Å². The molecule has 15 nitrogen and oxygen atoms in total. The number of amidine groups is 1. The van der Waals surface area contributed by atoms with Crippen molar-refractivity contribution in [1.29, 1.82) is 5.41 Å². The van der Waals surface area contributed by atoms with Crippen molar-refractivity contribution in [3.8, 4) is 0 Å². The third-order valence-electron chi connectivity index (χ3n) is 6.04. The zero-order valence-corrected chi connectivity index (χ0v) is 25.2. The van der Waals surface area contributed by atoms with Crippen LogP contribution in [0.3, 0.4) is 0 Å². The van der Waals surface area contributed by atoms with Crippen LogP contribution < -0.4 is 27.8 Å². The van der Waals surface area contributed by atoms with Crippen molar-refractivity contribution in [2.75, 3.05) is 20.6 Å². The minimum absolute atomic E-state index is 0.0612. The minimum Gasteiger partial charge on any atom is -0.480 e. The van der Waals surface area contributed by atoms with Gasteiger partial charge in [-0.2, -0.15) is 13.2 Å². The Morgan fingerprint density at radius 1 is 0.933 bits per heavy atom. The number of halogens is 3. The molecular weight excluding hydrogens is 605 g/mol. The molecule has 0 saturated heterocycles. The van der Waals surface area contributed by atoms with Crippen LogP contribution in [0.25, 0.3) is 0 Å². The van der Waals surface area contributed by atoms with Gasteiger partial charge in [0.2, 0.25) is 17.7 Å². The normalized spacial score (nSPS) is 12.7. The Morgan fingerprint density at radius 2 is 1.44 bits per heavy atom. The highest BCUT2D eigenvalue weighted by Crippen LogP contribution is 2.15. The van der Waals surface area contributed by atoms with E-state index < -0.39 is 53.8 Å². The van der Waals surface area contributed by atoms with Crippen molar-refractivity contribution < 1.29 is 47.4 Å². The number of aliphatic carboxylic acids is 2. The number of rotatable bonds is 16. The molecule has 0 aliphatic rings. The fourth-order valence-corrected chi connectivity index (χ4v) is 3.64. The molecule has 0 aliphatic carbocycles. The van der Waals surface area contributed by atoms with E-state index in [2.05, 4.69) is 15.6 Å². The van der Waals surface area contributed by atoms with Crippen molar-refractivity contribution >= 4 is 41.5 Å². The molecule has 1 unspecified atom stereocenters. The van der Waals surface area contributed by atoms with Crippen LogP contribution >= 0.6 is 0 Å². The van der Waals surface area contributed by atoms with Gasteiger partial charge in [0, 0.05) is 26.2 Å². The predicted octanol–water partition coefficient (Wildman–Crippen LogP) is 0.149.